The van der Waals surface area contributed by atoms with Crippen LogP contribution in [0, 0.1) is 0 Å². The number of benzene rings is 1. The van der Waals surface area contributed by atoms with Crippen LogP contribution < -0.4 is 10.4 Å². The standard InChI is InChI=1S/C16H18N2O3S/c1-11-9-16(22(20,21)10-12(11)2)13(3)17-18(15(16)19)14-7-5-4-6-8-14/h4-8,17H,3,9-10H2,1-2H3/t16-/m0/s1. The van der Waals surface area contributed by atoms with Gasteiger partial charge in [0.15, 0.2) is 14.6 Å². The van der Waals surface area contributed by atoms with Gasteiger partial charge in [0.25, 0.3) is 5.91 Å². The van der Waals surface area contributed by atoms with E-state index >= 15 is 0 Å². The Kier molecular flexibility index (Phi) is 3.18. The molecule has 22 heavy (non-hydrogen) atoms. The van der Waals surface area contributed by atoms with Crippen molar-refractivity contribution in [1.82, 2.24) is 5.43 Å². The van der Waals surface area contributed by atoms with Gasteiger partial charge in [-0.3, -0.25) is 10.2 Å². The van der Waals surface area contributed by atoms with Crippen LogP contribution in [0.25, 0.3) is 0 Å². The third-order valence-corrected chi connectivity index (χ3v) is 6.92. The molecule has 3 rings (SSSR count). The summed E-state index contributed by atoms with van der Waals surface area (Å²) < 4.78 is 24.0. The third kappa shape index (κ3) is 1.83. The predicted octanol–water partition coefficient (Wildman–Crippen LogP) is 1.95. The van der Waals surface area contributed by atoms with Crippen molar-refractivity contribution in [3.05, 3.63) is 53.8 Å². The van der Waals surface area contributed by atoms with Gasteiger partial charge in [-0.1, -0.05) is 35.9 Å². The molecule has 1 spiro atoms. The molecule has 0 bridgehead atoms. The van der Waals surface area contributed by atoms with Crippen LogP contribution in [0.5, 0.6) is 0 Å². The van der Waals surface area contributed by atoms with Gasteiger partial charge in [0.05, 0.1) is 17.1 Å². The molecule has 1 atom stereocenters. The summed E-state index contributed by atoms with van der Waals surface area (Å²) in [5.74, 6) is -0.580. The highest BCUT2D eigenvalue weighted by Gasteiger charge is 2.61. The Hall–Kier alpha value is -2.08. The van der Waals surface area contributed by atoms with E-state index < -0.39 is 20.5 Å². The number of amides is 1. The highest BCUT2D eigenvalue weighted by Crippen LogP contribution is 2.43. The SMILES string of the molecule is C=C1NN(c2ccccc2)C(=O)[C@]12CC(C)=C(C)CS2(=O)=O. The predicted molar refractivity (Wildman–Crippen MR) is 85.7 cm³/mol. The summed E-state index contributed by atoms with van der Waals surface area (Å²) in [5, 5.41) is 1.29. The molecule has 1 N–H and O–H groups in total. The van der Waals surface area contributed by atoms with Gasteiger partial charge in [-0.05, 0) is 26.0 Å². The van der Waals surface area contributed by atoms with Crippen LogP contribution in [0.3, 0.4) is 0 Å². The molecule has 0 saturated carbocycles. The van der Waals surface area contributed by atoms with Crippen molar-refractivity contribution in [2.45, 2.75) is 25.0 Å². The Labute approximate surface area is 130 Å². The second-order valence-corrected chi connectivity index (χ2v) is 8.11. The van der Waals surface area contributed by atoms with Crippen LogP contribution in [0.2, 0.25) is 0 Å². The first-order chi connectivity index (χ1) is 10.3. The molecule has 1 aromatic carbocycles. The lowest BCUT2D eigenvalue weighted by molar-refractivity contribution is -0.119. The van der Waals surface area contributed by atoms with Gasteiger partial charge in [0.1, 0.15) is 0 Å². The monoisotopic (exact) mass is 318 g/mol. The van der Waals surface area contributed by atoms with Crippen LogP contribution in [0.1, 0.15) is 20.3 Å². The molecule has 1 saturated heterocycles. The van der Waals surface area contributed by atoms with Crippen LogP contribution in [-0.4, -0.2) is 24.8 Å². The number of allylic oxidation sites excluding steroid dienone is 1. The number of nitrogens with zero attached hydrogens (tertiary/aromatic N) is 1. The molecule has 0 radical (unpaired) electrons. The van der Waals surface area contributed by atoms with Crippen LogP contribution in [0.4, 0.5) is 5.69 Å². The van der Waals surface area contributed by atoms with Crippen molar-refractivity contribution in [3.8, 4) is 0 Å². The molecular weight excluding hydrogens is 300 g/mol. The van der Waals surface area contributed by atoms with Crippen molar-refractivity contribution in [2.75, 3.05) is 10.8 Å². The van der Waals surface area contributed by atoms with Crippen LogP contribution >= 0.6 is 0 Å². The fourth-order valence-corrected chi connectivity index (χ4v) is 5.29. The fraction of sp³-hybridized carbons (Fsp3) is 0.312. The first kappa shape index (κ1) is 14.8. The van der Waals surface area contributed by atoms with Crippen LogP contribution in [0.15, 0.2) is 53.8 Å². The molecule has 2 aliphatic rings. The van der Waals surface area contributed by atoms with E-state index in [9.17, 15) is 13.2 Å². The molecule has 0 aliphatic carbocycles. The van der Waals surface area contributed by atoms with Gasteiger partial charge in [0.2, 0.25) is 0 Å². The first-order valence-corrected chi connectivity index (χ1v) is 8.68. The van der Waals surface area contributed by atoms with E-state index in [0.717, 1.165) is 11.1 Å². The first-order valence-electron chi connectivity index (χ1n) is 7.03. The number of rotatable bonds is 1. The highest BCUT2D eigenvalue weighted by atomic mass is 32.2. The van der Waals surface area contributed by atoms with Gasteiger partial charge in [-0.25, -0.2) is 13.4 Å². The summed E-state index contributed by atoms with van der Waals surface area (Å²) in [7, 11) is -3.66. The van der Waals surface area contributed by atoms with Gasteiger partial charge in [-0.15, -0.1) is 0 Å². The number of sulfone groups is 1. The molecule has 116 valence electrons. The summed E-state index contributed by atoms with van der Waals surface area (Å²) in [5.41, 5.74) is 5.43. The van der Waals surface area contributed by atoms with E-state index in [1.807, 2.05) is 13.0 Å². The minimum Gasteiger partial charge on any atom is -0.294 e. The number of hydrogen-bond donors (Lipinski definition) is 1. The quantitative estimate of drug-likeness (QED) is 0.804. The lowest BCUT2D eigenvalue weighted by atomic mass is 9.93. The maximum Gasteiger partial charge on any atom is 0.273 e. The topological polar surface area (TPSA) is 66.5 Å². The average Bonchev–Trinajstić information content (AvgIpc) is 2.72. The second-order valence-electron chi connectivity index (χ2n) is 5.89. The molecule has 1 aromatic rings. The molecule has 1 fully saturated rings. The molecule has 2 heterocycles. The zero-order valence-electron chi connectivity index (χ0n) is 12.6. The Bertz CT molecular complexity index is 796. The molecule has 2 aliphatic heterocycles. The van der Waals surface area contributed by atoms with E-state index in [4.69, 9.17) is 0 Å². The summed E-state index contributed by atoms with van der Waals surface area (Å²) in [4.78, 5) is 13.0. The maximum atomic E-state index is 13.0. The molecule has 0 aromatic heterocycles. The number of carbonyl (C=O) groups excluding carboxylic acids is 1. The van der Waals surface area contributed by atoms with Crippen LogP contribution in [-0.2, 0) is 14.6 Å². The van der Waals surface area contributed by atoms with E-state index in [1.165, 1.54) is 5.01 Å². The van der Waals surface area contributed by atoms with Gasteiger partial charge in [-0.2, -0.15) is 0 Å². The number of para-hydroxylation sites is 1. The molecular formula is C16H18N2O3S. The Balaban J connectivity index is 2.13. The summed E-state index contributed by atoms with van der Waals surface area (Å²) in [6, 6.07) is 8.93. The highest BCUT2D eigenvalue weighted by molar-refractivity contribution is 7.94. The minimum atomic E-state index is -3.66. The fourth-order valence-electron chi connectivity index (χ4n) is 3.01. The maximum absolute atomic E-state index is 13.0. The lowest BCUT2D eigenvalue weighted by Crippen LogP contribution is -2.51. The molecule has 6 heteroatoms. The Morgan fingerprint density at radius 3 is 2.45 bits per heavy atom. The average molecular weight is 318 g/mol. The van der Waals surface area contributed by atoms with Crippen molar-refractivity contribution >= 4 is 21.4 Å². The number of hydrogen-bond acceptors (Lipinski definition) is 4. The van der Waals surface area contributed by atoms with Crippen molar-refractivity contribution < 1.29 is 13.2 Å². The summed E-state index contributed by atoms with van der Waals surface area (Å²) in [6.07, 6.45) is 0.162. The van der Waals surface area contributed by atoms with E-state index in [0.29, 0.717) is 5.69 Å². The van der Waals surface area contributed by atoms with Gasteiger partial charge in [0, 0.05) is 6.42 Å². The zero-order chi connectivity index (χ0) is 16.1. The Morgan fingerprint density at radius 1 is 1.18 bits per heavy atom. The number of anilines is 1. The molecule has 1 amide bonds. The molecule has 5 nitrogen and oxygen atoms in total. The normalized spacial score (nSPS) is 27.5. The van der Waals surface area contributed by atoms with Crippen molar-refractivity contribution in [1.29, 1.82) is 0 Å². The minimum absolute atomic E-state index is 0.103. The summed E-state index contributed by atoms with van der Waals surface area (Å²) >= 11 is 0. The third-order valence-electron chi connectivity index (χ3n) is 4.48. The smallest absolute Gasteiger partial charge is 0.273 e. The second kappa shape index (κ2) is 4.71. The number of carbonyl (C=O) groups is 1. The van der Waals surface area contributed by atoms with E-state index in [-0.39, 0.29) is 17.9 Å². The largest absolute Gasteiger partial charge is 0.294 e. The van der Waals surface area contributed by atoms with E-state index in [1.54, 1.807) is 31.2 Å². The number of nitrogens with one attached hydrogen (secondary N) is 1. The zero-order valence-corrected chi connectivity index (χ0v) is 13.4. The van der Waals surface area contributed by atoms with Crippen molar-refractivity contribution in [3.63, 3.8) is 0 Å². The Morgan fingerprint density at radius 2 is 1.82 bits per heavy atom. The van der Waals surface area contributed by atoms with Gasteiger partial charge < -0.3 is 0 Å². The number of hydrazine groups is 1. The van der Waals surface area contributed by atoms with Crippen molar-refractivity contribution in [2.24, 2.45) is 0 Å². The van der Waals surface area contributed by atoms with Gasteiger partial charge >= 0.3 is 0 Å². The summed E-state index contributed by atoms with van der Waals surface area (Å²) in [6.45, 7) is 7.51. The van der Waals surface area contributed by atoms with E-state index in [2.05, 4.69) is 12.0 Å². The lowest BCUT2D eigenvalue weighted by Gasteiger charge is -2.32. The molecule has 0 unspecified atom stereocenters.